The van der Waals surface area contributed by atoms with Crippen LogP contribution in [0.5, 0.6) is 5.75 Å². The lowest BCUT2D eigenvalue weighted by Crippen LogP contribution is -2.52. The normalized spacial score (nSPS) is 24.0. The first-order valence-electron chi connectivity index (χ1n) is 12.0. The Morgan fingerprint density at radius 2 is 1.67 bits per heavy atom. The number of rotatable bonds is 3. The Bertz CT molecular complexity index is 881. The molecule has 1 aromatic rings. The first-order chi connectivity index (χ1) is 15.2. The van der Waals surface area contributed by atoms with Crippen molar-refractivity contribution in [3.05, 3.63) is 24.0 Å². The quantitative estimate of drug-likeness (QED) is 0.612. The first-order valence-corrected chi connectivity index (χ1v) is 12.0. The Morgan fingerprint density at radius 3 is 2.18 bits per heavy atom. The molecule has 1 saturated carbocycles. The highest BCUT2D eigenvalue weighted by Crippen LogP contribution is 2.50. The van der Waals surface area contributed by atoms with Gasteiger partial charge in [0.1, 0.15) is 17.2 Å². The van der Waals surface area contributed by atoms with Gasteiger partial charge in [0.2, 0.25) is 0 Å². The summed E-state index contributed by atoms with van der Waals surface area (Å²) in [5.41, 5.74) is -0.906. The van der Waals surface area contributed by atoms with E-state index in [-0.39, 0.29) is 23.4 Å². The number of likely N-dealkylation sites (tertiary alicyclic amines) is 1. The molecule has 0 N–H and O–H groups in total. The maximum absolute atomic E-state index is 14.9. The van der Waals surface area contributed by atoms with Crippen molar-refractivity contribution in [2.45, 2.75) is 97.1 Å². The summed E-state index contributed by atoms with van der Waals surface area (Å²) >= 11 is 0. The maximum Gasteiger partial charge on any atom is 0.497 e. The van der Waals surface area contributed by atoms with Crippen molar-refractivity contribution in [2.75, 3.05) is 13.1 Å². The van der Waals surface area contributed by atoms with E-state index < -0.39 is 23.9 Å². The molecule has 2 aliphatic heterocycles. The number of carbonyl (C=O) groups excluding carboxylic acids is 1. The number of nitrogens with zero attached hydrogens (tertiary/aromatic N) is 1. The minimum Gasteiger partial charge on any atom is -0.490 e. The van der Waals surface area contributed by atoms with Crippen LogP contribution in [0.4, 0.5) is 9.18 Å². The lowest BCUT2D eigenvalue weighted by atomic mass is 9.61. The van der Waals surface area contributed by atoms with E-state index in [1.807, 2.05) is 48.5 Å². The lowest BCUT2D eigenvalue weighted by Gasteiger charge is -2.51. The SMILES string of the molecule is CC(C)(C)OC(=O)N1CCC2(CC1)CC(Oc1ccc(B3OC(C)(C)C(C)(C)O3)c(F)c1)C2. The molecule has 2 heterocycles. The smallest absolute Gasteiger partial charge is 0.490 e. The number of hydrogen-bond donors (Lipinski definition) is 0. The molecule has 3 aliphatic rings. The largest absolute Gasteiger partial charge is 0.497 e. The molecule has 33 heavy (non-hydrogen) atoms. The summed E-state index contributed by atoms with van der Waals surface area (Å²) in [5.74, 6) is 0.143. The van der Waals surface area contributed by atoms with Crippen LogP contribution in [-0.2, 0) is 14.0 Å². The average molecular weight is 461 g/mol. The topological polar surface area (TPSA) is 57.2 Å². The predicted molar refractivity (Wildman–Crippen MR) is 125 cm³/mol. The predicted octanol–water partition coefficient (Wildman–Crippen LogP) is 4.68. The van der Waals surface area contributed by atoms with Gasteiger partial charge in [-0.15, -0.1) is 0 Å². The summed E-state index contributed by atoms with van der Waals surface area (Å²) in [7, 11) is -0.730. The van der Waals surface area contributed by atoms with Crippen LogP contribution in [0.25, 0.3) is 0 Å². The van der Waals surface area contributed by atoms with E-state index in [2.05, 4.69) is 0 Å². The van der Waals surface area contributed by atoms with E-state index in [0.29, 0.717) is 24.3 Å². The second-order valence-corrected chi connectivity index (χ2v) is 11.9. The van der Waals surface area contributed by atoms with Gasteiger partial charge in [-0.3, -0.25) is 0 Å². The van der Waals surface area contributed by atoms with Crippen molar-refractivity contribution in [1.82, 2.24) is 4.90 Å². The van der Waals surface area contributed by atoms with Crippen LogP contribution >= 0.6 is 0 Å². The Kier molecular flexibility index (Phi) is 6.01. The monoisotopic (exact) mass is 461 g/mol. The first kappa shape index (κ1) is 24.3. The van der Waals surface area contributed by atoms with Gasteiger partial charge in [-0.25, -0.2) is 9.18 Å². The molecule has 6 nitrogen and oxygen atoms in total. The third-order valence-corrected chi connectivity index (χ3v) is 7.58. The van der Waals surface area contributed by atoms with Gasteiger partial charge < -0.3 is 23.7 Å². The van der Waals surface area contributed by atoms with Crippen LogP contribution in [0.1, 0.15) is 74.1 Å². The van der Waals surface area contributed by atoms with Crippen LogP contribution in [0, 0.1) is 11.2 Å². The van der Waals surface area contributed by atoms with Crippen LogP contribution in [0.2, 0.25) is 0 Å². The summed E-state index contributed by atoms with van der Waals surface area (Å²) in [6, 6.07) is 4.91. The highest BCUT2D eigenvalue weighted by atomic mass is 19.1. The number of piperidine rings is 1. The minimum atomic E-state index is -0.730. The number of halogens is 1. The molecule has 3 fully saturated rings. The van der Waals surface area contributed by atoms with Gasteiger partial charge in [0, 0.05) is 24.6 Å². The number of ether oxygens (including phenoxy) is 2. The van der Waals surface area contributed by atoms with Crippen LogP contribution < -0.4 is 10.2 Å². The zero-order valence-corrected chi connectivity index (χ0v) is 21.0. The Hall–Kier alpha value is -1.80. The van der Waals surface area contributed by atoms with Crippen molar-refractivity contribution < 1.29 is 28.0 Å². The fourth-order valence-electron chi connectivity index (χ4n) is 4.82. The van der Waals surface area contributed by atoms with Gasteiger partial charge in [0.05, 0.1) is 17.3 Å². The fraction of sp³-hybridized carbons (Fsp3) is 0.720. The average Bonchev–Trinajstić information content (AvgIpc) is 2.86. The fourth-order valence-corrected chi connectivity index (χ4v) is 4.82. The van der Waals surface area contributed by atoms with E-state index in [0.717, 1.165) is 25.7 Å². The van der Waals surface area contributed by atoms with Crippen LogP contribution in [0.15, 0.2) is 18.2 Å². The summed E-state index contributed by atoms with van der Waals surface area (Å²) in [6.45, 7) is 14.9. The summed E-state index contributed by atoms with van der Waals surface area (Å²) < 4.78 is 38.4. The summed E-state index contributed by atoms with van der Waals surface area (Å²) in [6.07, 6.45) is 3.58. The van der Waals surface area contributed by atoms with E-state index in [9.17, 15) is 9.18 Å². The zero-order valence-electron chi connectivity index (χ0n) is 21.0. The molecular formula is C25H37BFNO5. The van der Waals surface area contributed by atoms with Crippen molar-refractivity contribution in [1.29, 1.82) is 0 Å². The molecule has 0 radical (unpaired) electrons. The molecule has 1 aromatic carbocycles. The molecule has 0 unspecified atom stereocenters. The van der Waals surface area contributed by atoms with Gasteiger partial charge >= 0.3 is 13.2 Å². The maximum atomic E-state index is 14.9. The van der Waals surface area contributed by atoms with Crippen molar-refractivity contribution >= 4 is 18.7 Å². The molecule has 0 aromatic heterocycles. The molecule has 4 rings (SSSR count). The van der Waals surface area contributed by atoms with E-state index in [1.165, 1.54) is 6.07 Å². The molecule has 2 saturated heterocycles. The van der Waals surface area contributed by atoms with Crippen molar-refractivity contribution in [2.24, 2.45) is 5.41 Å². The van der Waals surface area contributed by atoms with E-state index in [1.54, 1.807) is 17.0 Å². The standard InChI is InChI=1S/C25H37BFNO5/c1-22(2,3)31-21(29)28-12-10-25(11-13-28)15-18(16-25)30-17-8-9-19(20(27)14-17)26-32-23(4,5)24(6,7)33-26/h8-9,14,18H,10-13,15-16H2,1-7H3. The molecule has 182 valence electrons. The van der Waals surface area contributed by atoms with Gasteiger partial charge in [-0.1, -0.05) is 6.07 Å². The van der Waals surface area contributed by atoms with Gasteiger partial charge in [-0.2, -0.15) is 0 Å². The lowest BCUT2D eigenvalue weighted by molar-refractivity contribution is -0.0583. The second kappa shape index (κ2) is 8.16. The highest BCUT2D eigenvalue weighted by Gasteiger charge is 2.52. The van der Waals surface area contributed by atoms with Crippen molar-refractivity contribution in [3.8, 4) is 5.75 Å². The summed E-state index contributed by atoms with van der Waals surface area (Å²) in [4.78, 5) is 14.1. The Morgan fingerprint density at radius 1 is 1.09 bits per heavy atom. The number of carbonyl (C=O) groups is 1. The van der Waals surface area contributed by atoms with Crippen LogP contribution in [-0.4, -0.2) is 54.1 Å². The molecule has 1 amide bonds. The van der Waals surface area contributed by atoms with Crippen molar-refractivity contribution in [3.63, 3.8) is 0 Å². The molecule has 0 atom stereocenters. The van der Waals surface area contributed by atoms with E-state index >= 15 is 0 Å². The van der Waals surface area contributed by atoms with Gasteiger partial charge in [0.15, 0.2) is 0 Å². The molecular weight excluding hydrogens is 424 g/mol. The van der Waals surface area contributed by atoms with Crippen LogP contribution in [0.3, 0.4) is 0 Å². The molecule has 0 bridgehead atoms. The van der Waals surface area contributed by atoms with E-state index in [4.69, 9.17) is 18.8 Å². The number of benzene rings is 1. The Balaban J connectivity index is 1.28. The highest BCUT2D eigenvalue weighted by molar-refractivity contribution is 6.62. The number of amides is 1. The Labute approximate surface area is 197 Å². The van der Waals surface area contributed by atoms with Gasteiger partial charge in [0.25, 0.3) is 0 Å². The summed E-state index contributed by atoms with van der Waals surface area (Å²) in [5, 5.41) is 0. The molecule has 1 spiro atoms. The third-order valence-electron chi connectivity index (χ3n) is 7.58. The third kappa shape index (κ3) is 5.02. The molecule has 1 aliphatic carbocycles. The second-order valence-electron chi connectivity index (χ2n) is 11.9. The zero-order chi connectivity index (χ0) is 24.2. The van der Waals surface area contributed by atoms with Gasteiger partial charge in [-0.05, 0) is 85.6 Å². The molecule has 8 heteroatoms. The minimum absolute atomic E-state index is 0.0696. The number of hydrogen-bond acceptors (Lipinski definition) is 5.